The van der Waals surface area contributed by atoms with Gasteiger partial charge in [0.2, 0.25) is 11.8 Å². The number of rotatable bonds is 32. The van der Waals surface area contributed by atoms with Crippen LogP contribution in [0.3, 0.4) is 0 Å². The fraction of sp³-hybridized carbons (Fsp3) is 0.689. The quantitative estimate of drug-likeness (QED) is 0.0298. The van der Waals surface area contributed by atoms with E-state index < -0.39 is 84.6 Å². The second kappa shape index (κ2) is 24.4. The lowest BCUT2D eigenvalue weighted by Crippen LogP contribution is -2.46. The van der Waals surface area contributed by atoms with Crippen LogP contribution in [0.4, 0.5) is 5.82 Å². The number of fused-ring (bicyclic) bond motifs is 1. The maximum absolute atomic E-state index is 12.8. The number of amides is 2. The highest BCUT2D eigenvalue weighted by atomic mass is 31.3. The van der Waals surface area contributed by atoms with Gasteiger partial charge in [-0.2, -0.15) is 4.31 Å². The van der Waals surface area contributed by atoms with E-state index in [1.165, 1.54) is 63.5 Å². The summed E-state index contributed by atoms with van der Waals surface area (Å²) in [7, 11) is -16.4. The number of anilines is 1. The number of Topliss-reactive ketones (excluding diaryl/α,β-unsaturated/α-hetero) is 1. The summed E-state index contributed by atoms with van der Waals surface area (Å²) in [4.78, 5) is 89.4. The minimum absolute atomic E-state index is 0.0330. The van der Waals surface area contributed by atoms with Gasteiger partial charge in [-0.1, -0.05) is 64.3 Å². The number of benzene rings is 1. The normalized spacial score (nSPS) is 22.5. The summed E-state index contributed by atoms with van der Waals surface area (Å²) in [5, 5.41) is 26.7. The Hall–Kier alpha value is -3.57. The largest absolute Gasteiger partial charge is 0.481 e. The van der Waals surface area contributed by atoms with Gasteiger partial charge < -0.3 is 50.9 Å². The van der Waals surface area contributed by atoms with Gasteiger partial charge in [0, 0.05) is 37.8 Å². The molecule has 2 aromatic heterocycles. The van der Waals surface area contributed by atoms with Gasteiger partial charge in [0.05, 0.1) is 19.5 Å². The van der Waals surface area contributed by atoms with E-state index in [0.29, 0.717) is 11.8 Å². The molecule has 72 heavy (non-hydrogen) atoms. The van der Waals surface area contributed by atoms with Gasteiger partial charge in [0.15, 0.2) is 17.7 Å². The number of nitrogens with one attached hydrogen (secondary N) is 2. The zero-order chi connectivity index (χ0) is 52.5. The van der Waals surface area contributed by atoms with Crippen molar-refractivity contribution in [3.05, 3.63) is 48.0 Å². The Morgan fingerprint density at radius 1 is 0.875 bits per heavy atom. The maximum atomic E-state index is 12.8. The Kier molecular flexibility index (Phi) is 19.6. The summed E-state index contributed by atoms with van der Waals surface area (Å²) in [6.07, 6.45) is 9.10. The third kappa shape index (κ3) is 17.0. The number of aryl methyl sites for hydroxylation is 2. The average Bonchev–Trinajstić information content (AvgIpc) is 4.20. The summed E-state index contributed by atoms with van der Waals surface area (Å²) in [5.41, 5.74) is 7.75. The molecule has 1 aromatic carbocycles. The Morgan fingerprint density at radius 2 is 1.47 bits per heavy atom. The molecule has 6 rings (SSSR count). The van der Waals surface area contributed by atoms with Crippen molar-refractivity contribution < 1.29 is 80.5 Å². The molecule has 2 amide bonds. The zero-order valence-corrected chi connectivity index (χ0v) is 43.6. The Balaban J connectivity index is 0.836. The number of aromatic nitrogens is 4. The summed E-state index contributed by atoms with van der Waals surface area (Å²) < 4.78 is 62.7. The van der Waals surface area contributed by atoms with E-state index in [-0.39, 0.29) is 54.1 Å². The van der Waals surface area contributed by atoms with Crippen LogP contribution in [0.15, 0.2) is 36.9 Å². The van der Waals surface area contributed by atoms with Gasteiger partial charge >= 0.3 is 23.5 Å². The number of carbonyl (C=O) groups is 3. The van der Waals surface area contributed by atoms with Gasteiger partial charge in [-0.3, -0.25) is 32.5 Å². The molecule has 2 aliphatic carbocycles. The standard InChI is InChI=1S/C45H70N7O17P3/c1-4-44(19-20-44)17-7-5-9-30-11-13-31(14-12-30)10-6-8-18-45(21-22-45)25-32(53)15-23-47-34(54)16-24-48-41(57)38(56)43(2,3)27-66-72(63,64)69-71(61,62)65-26-33-37(68-70(58,59)60)36(55)42(67-33)52-29-51-35-39(46)49-28-50-40(35)52/h11-14,28-29,33,36-38,42,55-56H,4-10,15-27H2,1-3H3,(H,47,54)(H,48,57)(H,61,62)(H,63,64)(H2,46,49,50)(H2,58,59,60). The van der Waals surface area contributed by atoms with Crippen LogP contribution in [0.1, 0.15) is 128 Å². The minimum atomic E-state index is -5.58. The molecule has 3 aliphatic rings. The van der Waals surface area contributed by atoms with Gasteiger partial charge in [-0.25, -0.2) is 28.6 Å². The number of ketones is 1. The number of nitrogen functional groups attached to an aromatic ring is 1. The molecule has 7 atom stereocenters. The molecule has 0 bridgehead atoms. The van der Waals surface area contributed by atoms with Gasteiger partial charge in [0.1, 0.15) is 42.0 Å². The summed E-state index contributed by atoms with van der Waals surface area (Å²) in [6.45, 7) is 2.77. The molecule has 0 spiro atoms. The van der Waals surface area contributed by atoms with Gasteiger partial charge in [0.25, 0.3) is 0 Å². The van der Waals surface area contributed by atoms with Crippen LogP contribution < -0.4 is 16.4 Å². The van der Waals surface area contributed by atoms with E-state index in [1.807, 2.05) is 0 Å². The number of ether oxygens (including phenoxy) is 1. The van der Waals surface area contributed by atoms with Crippen LogP contribution in [0.5, 0.6) is 0 Å². The Morgan fingerprint density at radius 3 is 2.07 bits per heavy atom. The number of phosphoric ester groups is 3. The molecule has 7 unspecified atom stereocenters. The lowest BCUT2D eigenvalue weighted by Gasteiger charge is -2.30. The van der Waals surface area contributed by atoms with E-state index in [0.717, 1.165) is 62.2 Å². The third-order valence-corrected chi connectivity index (χ3v) is 17.0. The molecule has 2 saturated carbocycles. The maximum Gasteiger partial charge on any atom is 0.481 e. The predicted molar refractivity (Wildman–Crippen MR) is 259 cm³/mol. The molecule has 402 valence electrons. The van der Waals surface area contributed by atoms with E-state index in [2.05, 4.69) is 65.6 Å². The summed E-state index contributed by atoms with van der Waals surface area (Å²) in [5.74, 6) is -1.36. The van der Waals surface area contributed by atoms with Crippen molar-refractivity contribution in [2.45, 2.75) is 154 Å². The number of unbranched alkanes of at least 4 members (excludes halogenated alkanes) is 2. The zero-order valence-electron chi connectivity index (χ0n) is 40.9. The third-order valence-electron chi connectivity index (χ3n) is 13.9. The number of nitrogens with zero attached hydrogens (tertiary/aromatic N) is 4. The molecule has 3 heterocycles. The first-order valence-corrected chi connectivity index (χ1v) is 28.8. The highest BCUT2D eigenvalue weighted by Gasteiger charge is 2.50. The van der Waals surface area contributed by atoms with Crippen molar-refractivity contribution in [2.75, 3.05) is 32.0 Å². The Labute approximate surface area is 418 Å². The van der Waals surface area contributed by atoms with Crippen molar-refractivity contribution in [3.63, 3.8) is 0 Å². The number of imidazole rings is 1. The molecule has 1 aliphatic heterocycles. The van der Waals surface area contributed by atoms with Crippen molar-refractivity contribution in [2.24, 2.45) is 16.2 Å². The molecular weight excluding hydrogens is 1000 g/mol. The van der Waals surface area contributed by atoms with Crippen molar-refractivity contribution in [1.82, 2.24) is 30.2 Å². The number of aliphatic hydroxyl groups excluding tert-OH is 2. The van der Waals surface area contributed by atoms with Crippen molar-refractivity contribution >= 4 is 58.0 Å². The topological polar surface area (TPSA) is 364 Å². The molecule has 10 N–H and O–H groups in total. The first-order chi connectivity index (χ1) is 33.8. The van der Waals surface area contributed by atoms with Crippen LogP contribution in [0, 0.1) is 16.2 Å². The van der Waals surface area contributed by atoms with Crippen LogP contribution in [-0.4, -0.2) is 118 Å². The predicted octanol–water partition coefficient (Wildman–Crippen LogP) is 4.85. The summed E-state index contributed by atoms with van der Waals surface area (Å²) in [6, 6.07) is 9.03. The monoisotopic (exact) mass is 1070 g/mol. The molecule has 3 aromatic rings. The molecule has 1 saturated heterocycles. The average molecular weight is 1070 g/mol. The second-order valence-electron chi connectivity index (χ2n) is 20.1. The molecule has 3 fully saturated rings. The highest BCUT2D eigenvalue weighted by molar-refractivity contribution is 7.61. The number of aliphatic hydroxyl groups is 2. The Bertz CT molecular complexity index is 2480. The number of carbonyl (C=O) groups excluding carboxylic acids is 3. The fourth-order valence-electron chi connectivity index (χ4n) is 8.97. The van der Waals surface area contributed by atoms with E-state index in [1.54, 1.807) is 0 Å². The van der Waals surface area contributed by atoms with Crippen molar-refractivity contribution in [1.29, 1.82) is 0 Å². The molecule has 24 nitrogen and oxygen atoms in total. The molecule has 0 radical (unpaired) electrons. The van der Waals surface area contributed by atoms with Gasteiger partial charge in [-0.15, -0.1) is 0 Å². The van der Waals surface area contributed by atoms with E-state index in [4.69, 9.17) is 19.5 Å². The summed E-state index contributed by atoms with van der Waals surface area (Å²) >= 11 is 0. The van der Waals surface area contributed by atoms with Crippen LogP contribution in [0.2, 0.25) is 0 Å². The minimum Gasteiger partial charge on any atom is -0.386 e. The number of hydrogen-bond acceptors (Lipinski definition) is 17. The van der Waals surface area contributed by atoms with Crippen molar-refractivity contribution in [3.8, 4) is 0 Å². The van der Waals surface area contributed by atoms with Gasteiger partial charge in [-0.05, 0) is 86.2 Å². The first-order valence-electron chi connectivity index (χ1n) is 24.3. The molecular formula is C45H70N7O17P3. The fourth-order valence-corrected chi connectivity index (χ4v) is 11.8. The second-order valence-corrected chi connectivity index (χ2v) is 24.4. The van der Waals surface area contributed by atoms with Crippen LogP contribution >= 0.6 is 23.5 Å². The highest BCUT2D eigenvalue weighted by Crippen LogP contribution is 2.61. The lowest BCUT2D eigenvalue weighted by atomic mass is 9.87. The van der Waals surface area contributed by atoms with Crippen LogP contribution in [0.25, 0.3) is 11.2 Å². The smallest absolute Gasteiger partial charge is 0.386 e. The number of phosphoric acid groups is 3. The molecule has 27 heteroatoms. The lowest BCUT2D eigenvalue weighted by molar-refractivity contribution is -0.137. The first kappa shape index (κ1) is 57.7. The number of nitrogens with two attached hydrogens (primary N) is 1. The van der Waals surface area contributed by atoms with E-state index >= 15 is 0 Å². The van der Waals surface area contributed by atoms with E-state index in [9.17, 15) is 57.9 Å². The number of hydrogen-bond donors (Lipinski definition) is 9. The van der Waals surface area contributed by atoms with Crippen LogP contribution in [-0.2, 0) is 63.5 Å². The SMILES string of the molecule is CCC1(CCCCc2ccc(CCCCC3(CC(=O)CCNC(=O)CCNC(=O)C(O)C(C)(C)COP(=O)(O)OP(=O)(O)OCC4OC(n5cnc6c(N)ncnc65)C(O)C4OP(=O)(O)O)CC3)cc2)CC1.